The summed E-state index contributed by atoms with van der Waals surface area (Å²) in [4.78, 5) is 15.9. The van der Waals surface area contributed by atoms with Crippen LogP contribution in [0.3, 0.4) is 0 Å². The second-order valence-corrected chi connectivity index (χ2v) is 8.87. The summed E-state index contributed by atoms with van der Waals surface area (Å²) in [6, 6.07) is 11.9. The highest BCUT2D eigenvalue weighted by Crippen LogP contribution is 2.31. The van der Waals surface area contributed by atoms with E-state index in [0.29, 0.717) is 29.8 Å². The molecule has 0 saturated heterocycles. The molecule has 1 aliphatic rings. The van der Waals surface area contributed by atoms with Crippen LogP contribution in [0.5, 0.6) is 11.5 Å². The van der Waals surface area contributed by atoms with Gasteiger partial charge in [0.05, 0.1) is 9.38 Å². The number of aliphatic imine (C=N–C) groups is 1. The number of ether oxygens (including phenoxy) is 2. The number of benzene rings is 2. The number of rotatable bonds is 7. The zero-order chi connectivity index (χ0) is 21.0. The number of amidine groups is 1. The van der Waals surface area contributed by atoms with Gasteiger partial charge < -0.3 is 15.2 Å². The average molecular weight is 475 g/mol. The van der Waals surface area contributed by atoms with Gasteiger partial charge in [-0.2, -0.15) is 4.99 Å². The van der Waals surface area contributed by atoms with Gasteiger partial charge in [0.15, 0.2) is 5.17 Å². The van der Waals surface area contributed by atoms with Gasteiger partial charge >= 0.3 is 0 Å². The van der Waals surface area contributed by atoms with Crippen molar-refractivity contribution in [1.82, 2.24) is 0 Å². The van der Waals surface area contributed by atoms with Gasteiger partial charge in [-0.15, -0.1) is 0 Å². The summed E-state index contributed by atoms with van der Waals surface area (Å²) in [6.07, 6.45) is 1.76. The zero-order valence-corrected chi connectivity index (χ0v) is 19.0. The third-order valence-electron chi connectivity index (χ3n) is 4.28. The lowest BCUT2D eigenvalue weighted by molar-refractivity contribution is -0.113. The predicted molar refractivity (Wildman–Crippen MR) is 123 cm³/mol. The molecule has 1 aliphatic heterocycles. The highest BCUT2D eigenvalue weighted by molar-refractivity contribution is 9.10. The SMILES string of the molecule is Cc1ccc(C(C)C)c(OCCOc2ccc(/C=C3\SC(N)=NC3=O)cc2Br)c1. The number of amides is 1. The quantitative estimate of drug-likeness (QED) is 0.437. The van der Waals surface area contributed by atoms with Crippen molar-refractivity contribution < 1.29 is 14.3 Å². The minimum Gasteiger partial charge on any atom is -0.490 e. The monoisotopic (exact) mass is 474 g/mol. The largest absolute Gasteiger partial charge is 0.490 e. The van der Waals surface area contributed by atoms with E-state index in [1.165, 1.54) is 22.9 Å². The molecule has 0 saturated carbocycles. The molecular weight excluding hydrogens is 452 g/mol. The number of halogens is 1. The Morgan fingerprint density at radius 2 is 1.86 bits per heavy atom. The molecule has 7 heteroatoms. The van der Waals surface area contributed by atoms with Gasteiger partial charge in [-0.25, -0.2) is 0 Å². The van der Waals surface area contributed by atoms with Crippen molar-refractivity contribution in [3.63, 3.8) is 0 Å². The standard InChI is InChI=1S/C22H23BrN2O3S/c1-13(2)16-6-4-14(3)10-19(16)28-9-8-27-18-7-5-15(11-17(18)23)12-20-21(26)25-22(24)29-20/h4-7,10-13H,8-9H2,1-3H3,(H2,24,25,26)/b20-12-. The summed E-state index contributed by atoms with van der Waals surface area (Å²) in [6.45, 7) is 7.23. The lowest BCUT2D eigenvalue weighted by atomic mass is 10.0. The van der Waals surface area contributed by atoms with Gasteiger partial charge in [-0.05, 0) is 81.5 Å². The predicted octanol–water partition coefficient (Wildman–Crippen LogP) is 5.27. The Balaban J connectivity index is 1.58. The van der Waals surface area contributed by atoms with Crippen LogP contribution in [-0.2, 0) is 4.79 Å². The molecule has 0 bridgehead atoms. The lowest BCUT2D eigenvalue weighted by Crippen LogP contribution is -2.10. The Morgan fingerprint density at radius 3 is 2.48 bits per heavy atom. The number of aryl methyl sites for hydroxylation is 1. The first-order valence-electron chi connectivity index (χ1n) is 9.27. The second kappa shape index (κ2) is 9.50. The van der Waals surface area contributed by atoms with Gasteiger partial charge in [0.1, 0.15) is 24.7 Å². The summed E-state index contributed by atoms with van der Waals surface area (Å²) < 4.78 is 12.6. The fraction of sp³-hybridized carbons (Fsp3) is 0.273. The molecule has 0 atom stereocenters. The first kappa shape index (κ1) is 21.5. The zero-order valence-electron chi connectivity index (χ0n) is 16.6. The van der Waals surface area contributed by atoms with Crippen LogP contribution in [0.25, 0.3) is 6.08 Å². The van der Waals surface area contributed by atoms with Crippen LogP contribution in [0.2, 0.25) is 0 Å². The Morgan fingerprint density at radius 1 is 1.14 bits per heavy atom. The fourth-order valence-corrected chi connectivity index (χ4v) is 4.04. The van der Waals surface area contributed by atoms with Crippen molar-refractivity contribution >= 4 is 44.8 Å². The van der Waals surface area contributed by atoms with Crippen LogP contribution in [-0.4, -0.2) is 24.3 Å². The van der Waals surface area contributed by atoms with Crippen molar-refractivity contribution in [2.24, 2.45) is 10.7 Å². The van der Waals surface area contributed by atoms with Crippen molar-refractivity contribution in [2.45, 2.75) is 26.7 Å². The van der Waals surface area contributed by atoms with E-state index in [4.69, 9.17) is 15.2 Å². The van der Waals surface area contributed by atoms with Gasteiger partial charge in [0, 0.05) is 0 Å². The van der Waals surface area contributed by atoms with E-state index < -0.39 is 0 Å². The number of hydrogen-bond acceptors (Lipinski definition) is 5. The number of carbonyl (C=O) groups excluding carboxylic acids is 1. The van der Waals surface area contributed by atoms with Crippen molar-refractivity contribution in [3.05, 3.63) is 62.5 Å². The molecule has 2 aromatic carbocycles. The molecule has 0 aromatic heterocycles. The third kappa shape index (κ3) is 5.64. The van der Waals surface area contributed by atoms with Crippen molar-refractivity contribution in [2.75, 3.05) is 13.2 Å². The smallest absolute Gasteiger partial charge is 0.286 e. The van der Waals surface area contributed by atoms with E-state index in [9.17, 15) is 4.79 Å². The van der Waals surface area contributed by atoms with Crippen LogP contribution < -0.4 is 15.2 Å². The minimum absolute atomic E-state index is 0.273. The molecular formula is C22H23BrN2O3S. The summed E-state index contributed by atoms with van der Waals surface area (Å²) in [7, 11) is 0. The van der Waals surface area contributed by atoms with E-state index in [1.807, 2.05) is 18.2 Å². The first-order chi connectivity index (χ1) is 13.8. The van der Waals surface area contributed by atoms with E-state index in [2.05, 4.69) is 59.9 Å². The van der Waals surface area contributed by atoms with Crippen molar-refractivity contribution in [3.8, 4) is 11.5 Å². The van der Waals surface area contributed by atoms with E-state index in [0.717, 1.165) is 15.8 Å². The molecule has 3 rings (SSSR count). The molecule has 0 fully saturated rings. The molecule has 2 N–H and O–H groups in total. The summed E-state index contributed by atoms with van der Waals surface area (Å²) in [5, 5.41) is 0.273. The maximum atomic E-state index is 11.7. The molecule has 1 heterocycles. The van der Waals surface area contributed by atoms with Crippen LogP contribution in [0.1, 0.15) is 36.5 Å². The summed E-state index contributed by atoms with van der Waals surface area (Å²) >= 11 is 4.69. The summed E-state index contributed by atoms with van der Waals surface area (Å²) in [5.74, 6) is 1.71. The maximum absolute atomic E-state index is 11.7. The fourth-order valence-electron chi connectivity index (χ4n) is 2.85. The van der Waals surface area contributed by atoms with Crippen LogP contribution in [0.15, 0.2) is 50.8 Å². The van der Waals surface area contributed by atoms with E-state index in [-0.39, 0.29) is 11.1 Å². The maximum Gasteiger partial charge on any atom is 0.286 e. The number of nitrogens with zero attached hydrogens (tertiary/aromatic N) is 1. The van der Waals surface area contributed by atoms with E-state index in [1.54, 1.807) is 6.08 Å². The Hall–Kier alpha value is -2.25. The third-order valence-corrected chi connectivity index (χ3v) is 5.71. The molecule has 1 amide bonds. The first-order valence-corrected chi connectivity index (χ1v) is 10.9. The average Bonchev–Trinajstić information content (AvgIpc) is 2.97. The summed E-state index contributed by atoms with van der Waals surface area (Å²) in [5.41, 5.74) is 8.80. The Labute approximate surface area is 183 Å². The molecule has 0 spiro atoms. The molecule has 0 radical (unpaired) electrons. The van der Waals surface area contributed by atoms with Gasteiger partial charge in [0.25, 0.3) is 5.91 Å². The molecule has 152 valence electrons. The van der Waals surface area contributed by atoms with Crippen LogP contribution in [0.4, 0.5) is 0 Å². The normalized spacial score (nSPS) is 15.1. The van der Waals surface area contributed by atoms with Gasteiger partial charge in [-0.3, -0.25) is 4.79 Å². The molecule has 2 aromatic rings. The lowest BCUT2D eigenvalue weighted by Gasteiger charge is -2.15. The molecule has 29 heavy (non-hydrogen) atoms. The highest BCUT2D eigenvalue weighted by atomic mass is 79.9. The van der Waals surface area contributed by atoms with Crippen LogP contribution >= 0.6 is 27.7 Å². The molecule has 5 nitrogen and oxygen atoms in total. The van der Waals surface area contributed by atoms with Gasteiger partial charge in [0.2, 0.25) is 0 Å². The second-order valence-electron chi connectivity index (χ2n) is 6.95. The number of hydrogen-bond donors (Lipinski definition) is 1. The highest BCUT2D eigenvalue weighted by Gasteiger charge is 2.19. The van der Waals surface area contributed by atoms with Crippen molar-refractivity contribution in [1.29, 1.82) is 0 Å². The Bertz CT molecular complexity index is 986. The minimum atomic E-state index is -0.307. The molecule has 0 unspecified atom stereocenters. The van der Waals surface area contributed by atoms with Crippen LogP contribution in [0, 0.1) is 6.92 Å². The molecule has 0 aliphatic carbocycles. The van der Waals surface area contributed by atoms with E-state index >= 15 is 0 Å². The number of thioether (sulfide) groups is 1. The topological polar surface area (TPSA) is 73.9 Å². The number of carbonyl (C=O) groups is 1. The van der Waals surface area contributed by atoms with Gasteiger partial charge in [-0.1, -0.05) is 32.0 Å². The Kier molecular flexibility index (Phi) is 7.03. The number of nitrogens with two attached hydrogens (primary N) is 1.